The average Bonchev–Trinajstić information content (AvgIpc) is 3.52. The second kappa shape index (κ2) is 7.71. The fraction of sp³-hybridized carbons (Fsp3) is 0.320. The quantitative estimate of drug-likeness (QED) is 0.470. The highest BCUT2D eigenvalue weighted by Gasteiger charge is 2.39. The number of hydrogen-bond donors (Lipinski definition) is 2. The number of pyridine rings is 1. The lowest BCUT2D eigenvalue weighted by Crippen LogP contribution is -2.30. The van der Waals surface area contributed by atoms with Crippen LogP contribution in [0.4, 0.5) is 15.9 Å². The van der Waals surface area contributed by atoms with Gasteiger partial charge >= 0.3 is 6.01 Å². The zero-order valence-corrected chi connectivity index (χ0v) is 18.2. The minimum Gasteiger partial charge on any atom is -0.423 e. The van der Waals surface area contributed by atoms with Crippen molar-refractivity contribution in [1.82, 2.24) is 20.3 Å². The third-order valence-electron chi connectivity index (χ3n) is 6.80. The standard InChI is InChI=1S/C25H23FN6O/c1-3-16-4-5-17(11-29-16)33-25-30-21-10-18-19(8-15(26)9-20(18)27-2)23(21)24(31-25)32-12-14-6-7-28-22(14)13-32/h1,4-5,8-9,11,14,22,27-28H,6-7,10,12-13H2,2H3. The van der Waals surface area contributed by atoms with Gasteiger partial charge < -0.3 is 20.3 Å². The summed E-state index contributed by atoms with van der Waals surface area (Å²) in [5.74, 6) is 4.11. The summed E-state index contributed by atoms with van der Waals surface area (Å²) in [6, 6.07) is 7.29. The predicted molar refractivity (Wildman–Crippen MR) is 124 cm³/mol. The Balaban J connectivity index is 1.44. The lowest BCUT2D eigenvalue weighted by molar-refractivity contribution is 0.438. The number of aromatic nitrogens is 3. The first-order chi connectivity index (χ1) is 16.1. The van der Waals surface area contributed by atoms with Crippen LogP contribution in [0.5, 0.6) is 11.8 Å². The van der Waals surface area contributed by atoms with E-state index in [9.17, 15) is 4.39 Å². The number of nitrogens with zero attached hydrogens (tertiary/aromatic N) is 4. The molecule has 2 aromatic heterocycles. The van der Waals surface area contributed by atoms with Gasteiger partial charge in [0.1, 0.15) is 23.1 Å². The van der Waals surface area contributed by atoms with Crippen molar-refractivity contribution >= 4 is 11.5 Å². The van der Waals surface area contributed by atoms with Crippen molar-refractivity contribution in [2.45, 2.75) is 18.9 Å². The highest BCUT2D eigenvalue weighted by molar-refractivity contribution is 5.88. The van der Waals surface area contributed by atoms with E-state index in [0.717, 1.165) is 59.9 Å². The van der Waals surface area contributed by atoms with Crippen LogP contribution in [-0.2, 0) is 6.42 Å². The molecular formula is C25H23FN6O. The van der Waals surface area contributed by atoms with Crippen molar-refractivity contribution in [3.8, 4) is 35.2 Å². The lowest BCUT2D eigenvalue weighted by Gasteiger charge is -2.22. The maximum Gasteiger partial charge on any atom is 0.324 e. The van der Waals surface area contributed by atoms with E-state index in [1.165, 1.54) is 6.07 Å². The van der Waals surface area contributed by atoms with Gasteiger partial charge in [0.05, 0.1) is 11.9 Å². The summed E-state index contributed by atoms with van der Waals surface area (Å²) in [5, 5.41) is 6.71. The Kier molecular flexibility index (Phi) is 4.66. The van der Waals surface area contributed by atoms with Gasteiger partial charge in [-0.1, -0.05) is 5.92 Å². The molecule has 0 saturated carbocycles. The molecule has 7 nitrogen and oxygen atoms in total. The van der Waals surface area contributed by atoms with Gasteiger partial charge in [-0.15, -0.1) is 6.42 Å². The van der Waals surface area contributed by atoms with E-state index in [2.05, 4.69) is 26.4 Å². The summed E-state index contributed by atoms with van der Waals surface area (Å²) in [7, 11) is 1.80. The van der Waals surface area contributed by atoms with Gasteiger partial charge in [-0.05, 0) is 54.3 Å². The van der Waals surface area contributed by atoms with Crippen molar-refractivity contribution in [3.05, 3.63) is 53.2 Å². The third-order valence-corrected chi connectivity index (χ3v) is 6.80. The molecule has 166 valence electrons. The highest BCUT2D eigenvalue weighted by atomic mass is 19.1. The fourth-order valence-electron chi connectivity index (χ4n) is 5.24. The molecule has 2 atom stereocenters. The first-order valence-corrected chi connectivity index (χ1v) is 11.1. The van der Waals surface area contributed by atoms with Crippen LogP contribution in [0.3, 0.4) is 0 Å². The molecule has 0 bridgehead atoms. The summed E-state index contributed by atoms with van der Waals surface area (Å²) < 4.78 is 20.5. The number of benzene rings is 1. The van der Waals surface area contributed by atoms with Gasteiger partial charge in [0, 0.05) is 43.9 Å². The molecule has 6 rings (SSSR count). The fourth-order valence-corrected chi connectivity index (χ4v) is 5.24. The molecule has 8 heteroatoms. The van der Waals surface area contributed by atoms with Crippen LogP contribution in [0.25, 0.3) is 11.1 Å². The molecule has 3 aliphatic rings. The minimum absolute atomic E-state index is 0.253. The molecule has 33 heavy (non-hydrogen) atoms. The van der Waals surface area contributed by atoms with Crippen LogP contribution in [-0.4, -0.2) is 47.7 Å². The molecule has 2 aliphatic heterocycles. The summed E-state index contributed by atoms with van der Waals surface area (Å²) in [4.78, 5) is 16.0. The van der Waals surface area contributed by atoms with Crippen LogP contribution in [0, 0.1) is 24.1 Å². The normalized spacial score (nSPS) is 20.2. The van der Waals surface area contributed by atoms with Gasteiger partial charge in [0.25, 0.3) is 0 Å². The van der Waals surface area contributed by atoms with Crippen molar-refractivity contribution in [2.24, 2.45) is 5.92 Å². The van der Waals surface area contributed by atoms with E-state index >= 15 is 0 Å². The van der Waals surface area contributed by atoms with E-state index in [0.29, 0.717) is 29.8 Å². The molecule has 2 fully saturated rings. The molecule has 3 aromatic rings. The van der Waals surface area contributed by atoms with Crippen LogP contribution in [0.2, 0.25) is 0 Å². The van der Waals surface area contributed by atoms with Gasteiger partial charge in [-0.3, -0.25) is 0 Å². The lowest BCUT2D eigenvalue weighted by atomic mass is 10.0. The van der Waals surface area contributed by atoms with E-state index in [4.69, 9.17) is 21.1 Å². The molecular weight excluding hydrogens is 419 g/mol. The van der Waals surface area contributed by atoms with E-state index in [1.807, 2.05) is 0 Å². The molecule has 0 amide bonds. The number of anilines is 2. The predicted octanol–water partition coefficient (Wildman–Crippen LogP) is 3.20. The highest BCUT2D eigenvalue weighted by Crippen LogP contribution is 2.46. The Bertz CT molecular complexity index is 1270. The summed E-state index contributed by atoms with van der Waals surface area (Å²) in [5.41, 5.74) is 4.91. The summed E-state index contributed by atoms with van der Waals surface area (Å²) >= 11 is 0. The Morgan fingerprint density at radius 3 is 2.94 bits per heavy atom. The first-order valence-electron chi connectivity index (χ1n) is 11.1. The maximum atomic E-state index is 14.5. The Morgan fingerprint density at radius 2 is 2.18 bits per heavy atom. The van der Waals surface area contributed by atoms with Crippen molar-refractivity contribution in [1.29, 1.82) is 0 Å². The van der Waals surface area contributed by atoms with Crippen LogP contribution < -0.4 is 20.3 Å². The number of rotatable bonds is 4. The molecule has 0 radical (unpaired) electrons. The van der Waals surface area contributed by atoms with Crippen LogP contribution in [0.15, 0.2) is 30.5 Å². The molecule has 0 spiro atoms. The molecule has 2 unspecified atom stereocenters. The largest absolute Gasteiger partial charge is 0.423 e. The number of terminal acetylenes is 1. The van der Waals surface area contributed by atoms with E-state index in [-0.39, 0.29) is 11.8 Å². The van der Waals surface area contributed by atoms with Crippen LogP contribution in [0.1, 0.15) is 23.4 Å². The van der Waals surface area contributed by atoms with Gasteiger partial charge in [-0.2, -0.15) is 9.97 Å². The molecule has 2 saturated heterocycles. The number of halogens is 1. The van der Waals surface area contributed by atoms with Crippen molar-refractivity contribution in [2.75, 3.05) is 36.9 Å². The van der Waals surface area contributed by atoms with Gasteiger partial charge in [0.2, 0.25) is 0 Å². The van der Waals surface area contributed by atoms with Crippen molar-refractivity contribution in [3.63, 3.8) is 0 Å². The number of fused-ring (bicyclic) bond motifs is 4. The Morgan fingerprint density at radius 1 is 1.27 bits per heavy atom. The molecule has 2 N–H and O–H groups in total. The number of ether oxygens (including phenoxy) is 1. The average molecular weight is 442 g/mol. The zero-order valence-electron chi connectivity index (χ0n) is 18.2. The van der Waals surface area contributed by atoms with Crippen LogP contribution >= 0.6 is 0 Å². The summed E-state index contributed by atoms with van der Waals surface area (Å²) in [6.07, 6.45) is 8.70. The monoisotopic (exact) mass is 442 g/mol. The third kappa shape index (κ3) is 3.36. The van der Waals surface area contributed by atoms with E-state index < -0.39 is 0 Å². The zero-order chi connectivity index (χ0) is 22.5. The topological polar surface area (TPSA) is 75.2 Å². The minimum atomic E-state index is -0.281. The van der Waals surface area contributed by atoms with Gasteiger partial charge in [-0.25, -0.2) is 9.37 Å². The van der Waals surface area contributed by atoms with E-state index in [1.54, 1.807) is 31.4 Å². The summed E-state index contributed by atoms with van der Waals surface area (Å²) in [6.45, 7) is 2.82. The number of hydrogen-bond acceptors (Lipinski definition) is 7. The first kappa shape index (κ1) is 19.9. The van der Waals surface area contributed by atoms with Crippen molar-refractivity contribution < 1.29 is 9.13 Å². The SMILES string of the molecule is C#Cc1ccc(Oc2nc3c(c(N4CC5CCNC5C4)n2)-c2cc(F)cc(NC)c2C3)cn1. The number of nitrogens with one attached hydrogen (secondary N) is 2. The second-order valence-corrected chi connectivity index (χ2v) is 8.70. The second-order valence-electron chi connectivity index (χ2n) is 8.70. The Hall–Kier alpha value is -3.70. The smallest absolute Gasteiger partial charge is 0.324 e. The molecule has 4 heterocycles. The molecule has 1 aromatic carbocycles. The maximum absolute atomic E-state index is 14.5. The van der Waals surface area contributed by atoms with Gasteiger partial charge in [0.15, 0.2) is 0 Å². The Labute approximate surface area is 191 Å². The molecule has 1 aliphatic carbocycles.